The van der Waals surface area contributed by atoms with Gasteiger partial charge in [0.15, 0.2) is 0 Å². The molecule has 3 rings (SSSR count). The number of carbonyl (C=O) groups excluding carboxylic acids is 2. The van der Waals surface area contributed by atoms with Crippen molar-refractivity contribution in [2.24, 2.45) is 5.92 Å². The first-order valence-corrected chi connectivity index (χ1v) is 9.38. The average molecular weight is 361 g/mol. The number of methoxy groups -OCH3 is 1. The molecular weight excluding hydrogens is 334 g/mol. The summed E-state index contributed by atoms with van der Waals surface area (Å²) >= 11 is 0. The molecule has 0 radical (unpaired) electrons. The van der Waals surface area contributed by atoms with E-state index in [1.165, 1.54) is 7.11 Å². The maximum Gasteiger partial charge on any atom is 0.317 e. The summed E-state index contributed by atoms with van der Waals surface area (Å²) in [5, 5.41) is 2.98. The molecule has 1 fully saturated rings. The smallest absolute Gasteiger partial charge is 0.317 e. The molecule has 2 aliphatic rings. The number of likely N-dealkylation sites (tertiary alicyclic amines) is 1. The molecule has 2 aliphatic heterocycles. The van der Waals surface area contributed by atoms with Gasteiger partial charge in [-0.3, -0.25) is 9.59 Å². The van der Waals surface area contributed by atoms with Gasteiger partial charge in [-0.05, 0) is 31.2 Å². The Morgan fingerprint density at radius 2 is 2.04 bits per heavy atom. The third-order valence-electron chi connectivity index (χ3n) is 5.33. The molecule has 1 aromatic heterocycles. The van der Waals surface area contributed by atoms with E-state index in [2.05, 4.69) is 10.1 Å². The molecule has 0 saturated carbocycles. The second-order valence-electron chi connectivity index (χ2n) is 7.22. The number of carbonyl (C=O) groups is 2. The van der Waals surface area contributed by atoms with E-state index in [4.69, 9.17) is 0 Å². The summed E-state index contributed by atoms with van der Waals surface area (Å²) in [7, 11) is 1.39. The van der Waals surface area contributed by atoms with Crippen molar-refractivity contribution in [1.82, 2.24) is 14.8 Å². The number of amides is 2. The molecule has 0 aliphatic carbocycles. The number of pyridine rings is 1. The Hall–Kier alpha value is -2.31. The van der Waals surface area contributed by atoms with Crippen molar-refractivity contribution in [2.45, 2.75) is 44.6 Å². The fraction of sp³-hybridized carbons (Fsp3) is 0.632. The summed E-state index contributed by atoms with van der Waals surface area (Å²) in [5.41, 5.74) is 1.11. The molecule has 142 valence electrons. The van der Waals surface area contributed by atoms with Gasteiger partial charge < -0.3 is 19.5 Å². The lowest BCUT2D eigenvalue weighted by Crippen LogP contribution is -2.52. The van der Waals surface area contributed by atoms with E-state index < -0.39 is 0 Å². The van der Waals surface area contributed by atoms with Gasteiger partial charge in [0.1, 0.15) is 0 Å². The maximum atomic E-state index is 12.5. The van der Waals surface area contributed by atoms with Gasteiger partial charge in [-0.1, -0.05) is 12.5 Å². The van der Waals surface area contributed by atoms with Gasteiger partial charge in [-0.15, -0.1) is 0 Å². The van der Waals surface area contributed by atoms with Gasteiger partial charge in [-0.2, -0.15) is 0 Å². The third kappa shape index (κ3) is 4.26. The van der Waals surface area contributed by atoms with Crippen LogP contribution in [0.1, 0.15) is 43.7 Å². The fourth-order valence-corrected chi connectivity index (χ4v) is 4.04. The highest BCUT2D eigenvalue weighted by molar-refractivity contribution is 5.74. The lowest BCUT2D eigenvalue weighted by molar-refractivity contribution is -0.140. The van der Waals surface area contributed by atoms with Crippen LogP contribution in [0.15, 0.2) is 23.0 Å². The van der Waals surface area contributed by atoms with E-state index in [1.54, 1.807) is 6.07 Å². The van der Waals surface area contributed by atoms with Crippen molar-refractivity contribution >= 4 is 12.0 Å². The number of esters is 1. The number of nitrogens with zero attached hydrogens (tertiary/aromatic N) is 2. The van der Waals surface area contributed by atoms with Gasteiger partial charge >= 0.3 is 12.0 Å². The summed E-state index contributed by atoms with van der Waals surface area (Å²) in [5.74, 6) is 0.391. The van der Waals surface area contributed by atoms with Crippen LogP contribution < -0.4 is 10.9 Å². The Balaban J connectivity index is 1.46. The predicted octanol–water partition coefficient (Wildman–Crippen LogP) is 1.71. The van der Waals surface area contributed by atoms with E-state index in [1.807, 2.05) is 21.6 Å². The van der Waals surface area contributed by atoms with Crippen LogP contribution in [0.2, 0.25) is 0 Å². The van der Waals surface area contributed by atoms with Crippen molar-refractivity contribution in [3.8, 4) is 0 Å². The van der Waals surface area contributed by atoms with Crippen LogP contribution in [0.5, 0.6) is 0 Å². The second-order valence-corrected chi connectivity index (χ2v) is 7.22. The standard InChI is InChI=1S/C19H27N3O4/c1-26-18(24)8-3-2-4-9-20-19(25)21-11-14-10-15(13-21)16-6-5-7-17(23)22(16)12-14/h5-7,14-15H,2-4,8-13H2,1H3,(H,20,25)/t14-,15+/m0/s1. The van der Waals surface area contributed by atoms with Crippen LogP contribution in [0, 0.1) is 5.92 Å². The van der Waals surface area contributed by atoms with E-state index in [0.29, 0.717) is 38.5 Å². The number of fused-ring (bicyclic) bond motifs is 4. The quantitative estimate of drug-likeness (QED) is 0.618. The normalized spacial score (nSPS) is 21.0. The second kappa shape index (κ2) is 8.38. The minimum Gasteiger partial charge on any atom is -0.469 e. The first-order valence-electron chi connectivity index (χ1n) is 9.38. The summed E-state index contributed by atoms with van der Waals surface area (Å²) in [4.78, 5) is 37.4. The average Bonchev–Trinajstić information content (AvgIpc) is 2.64. The van der Waals surface area contributed by atoms with Crippen LogP contribution in [0.3, 0.4) is 0 Å². The van der Waals surface area contributed by atoms with E-state index in [-0.39, 0.29) is 23.5 Å². The lowest BCUT2D eigenvalue weighted by atomic mass is 9.83. The number of unbranched alkanes of at least 4 members (excludes halogenated alkanes) is 2. The van der Waals surface area contributed by atoms with Gasteiger partial charge in [0, 0.05) is 50.3 Å². The van der Waals surface area contributed by atoms with Crippen molar-refractivity contribution in [3.05, 3.63) is 34.2 Å². The van der Waals surface area contributed by atoms with Gasteiger partial charge in [-0.25, -0.2) is 4.79 Å². The SMILES string of the molecule is COC(=O)CCCCCNC(=O)N1C[C@@H]2C[C@H](C1)c1cccc(=O)n1C2. The zero-order valence-corrected chi connectivity index (χ0v) is 15.3. The summed E-state index contributed by atoms with van der Waals surface area (Å²) in [6.07, 6.45) is 3.99. The van der Waals surface area contributed by atoms with E-state index in [0.717, 1.165) is 31.4 Å². The molecule has 26 heavy (non-hydrogen) atoms. The van der Waals surface area contributed by atoms with Gasteiger partial charge in [0.25, 0.3) is 5.56 Å². The Labute approximate surface area is 153 Å². The van der Waals surface area contributed by atoms with Gasteiger partial charge in [0.05, 0.1) is 7.11 Å². The van der Waals surface area contributed by atoms with Gasteiger partial charge in [0.2, 0.25) is 0 Å². The first-order chi connectivity index (χ1) is 12.6. The lowest BCUT2D eigenvalue weighted by Gasteiger charge is -2.42. The van der Waals surface area contributed by atoms with Crippen molar-refractivity contribution in [3.63, 3.8) is 0 Å². The highest BCUT2D eigenvalue weighted by atomic mass is 16.5. The number of rotatable bonds is 6. The van der Waals surface area contributed by atoms with Crippen LogP contribution in [0.4, 0.5) is 4.79 Å². The number of ether oxygens (including phenoxy) is 1. The Bertz CT molecular complexity index is 715. The molecule has 0 spiro atoms. The summed E-state index contributed by atoms with van der Waals surface area (Å²) in [6.45, 7) is 2.67. The Morgan fingerprint density at radius 1 is 1.19 bits per heavy atom. The molecule has 0 aromatic carbocycles. The Kier molecular flexibility index (Phi) is 5.96. The minimum atomic E-state index is -0.187. The number of piperidine rings is 1. The zero-order valence-electron chi connectivity index (χ0n) is 15.3. The highest BCUT2D eigenvalue weighted by Gasteiger charge is 2.36. The maximum absolute atomic E-state index is 12.5. The minimum absolute atomic E-state index is 0.0283. The van der Waals surface area contributed by atoms with Crippen molar-refractivity contribution < 1.29 is 14.3 Å². The molecule has 2 amide bonds. The molecule has 7 heteroatoms. The number of hydrogen-bond acceptors (Lipinski definition) is 4. The topological polar surface area (TPSA) is 80.6 Å². The van der Waals surface area contributed by atoms with Crippen LogP contribution >= 0.6 is 0 Å². The summed E-state index contributed by atoms with van der Waals surface area (Å²) in [6, 6.07) is 5.39. The number of nitrogens with one attached hydrogen (secondary N) is 1. The highest BCUT2D eigenvalue weighted by Crippen LogP contribution is 2.34. The molecule has 1 aromatic rings. The largest absolute Gasteiger partial charge is 0.469 e. The molecule has 3 heterocycles. The molecule has 2 bridgehead atoms. The number of urea groups is 1. The molecule has 1 N–H and O–H groups in total. The molecular formula is C19H27N3O4. The van der Waals surface area contributed by atoms with Crippen LogP contribution in [-0.4, -0.2) is 48.2 Å². The number of aromatic nitrogens is 1. The molecule has 1 saturated heterocycles. The van der Waals surface area contributed by atoms with Crippen LogP contribution in [0.25, 0.3) is 0 Å². The monoisotopic (exact) mass is 361 g/mol. The Morgan fingerprint density at radius 3 is 2.85 bits per heavy atom. The predicted molar refractivity (Wildman–Crippen MR) is 97.0 cm³/mol. The van der Waals surface area contributed by atoms with E-state index in [9.17, 15) is 14.4 Å². The first kappa shape index (κ1) is 18.5. The molecule has 2 atom stereocenters. The van der Waals surface area contributed by atoms with Crippen molar-refractivity contribution in [1.29, 1.82) is 0 Å². The molecule has 7 nitrogen and oxygen atoms in total. The van der Waals surface area contributed by atoms with E-state index >= 15 is 0 Å². The fourth-order valence-electron chi connectivity index (χ4n) is 4.04. The number of hydrogen-bond donors (Lipinski definition) is 1. The zero-order chi connectivity index (χ0) is 18.5. The third-order valence-corrected chi connectivity index (χ3v) is 5.33. The van der Waals surface area contributed by atoms with Crippen LogP contribution in [-0.2, 0) is 16.1 Å². The van der Waals surface area contributed by atoms with Crippen molar-refractivity contribution in [2.75, 3.05) is 26.7 Å². The summed E-state index contributed by atoms with van der Waals surface area (Å²) < 4.78 is 6.48. The molecule has 0 unspecified atom stereocenters.